The molecule has 110 valence electrons. The van der Waals surface area contributed by atoms with E-state index < -0.39 is 10.9 Å². The predicted molar refractivity (Wildman–Crippen MR) is 71.0 cm³/mol. The highest BCUT2D eigenvalue weighted by molar-refractivity contribution is 5.73. The zero-order valence-corrected chi connectivity index (χ0v) is 10.9. The van der Waals surface area contributed by atoms with Crippen LogP contribution in [0.3, 0.4) is 0 Å². The fourth-order valence-corrected chi connectivity index (χ4v) is 2.35. The molecule has 21 heavy (non-hydrogen) atoms. The van der Waals surface area contributed by atoms with Gasteiger partial charge in [-0.25, -0.2) is 4.98 Å². The Morgan fingerprint density at radius 2 is 2.19 bits per heavy atom. The number of carboxylic acid groups (broad SMARTS) is 1. The van der Waals surface area contributed by atoms with Crippen molar-refractivity contribution in [3.63, 3.8) is 0 Å². The van der Waals surface area contributed by atoms with Crippen LogP contribution in [-0.4, -0.2) is 39.1 Å². The van der Waals surface area contributed by atoms with E-state index in [9.17, 15) is 14.9 Å². The lowest BCUT2D eigenvalue weighted by atomic mass is 9.97. The molecule has 0 atom stereocenters. The lowest BCUT2D eigenvalue weighted by Gasteiger charge is -2.28. The van der Waals surface area contributed by atoms with Gasteiger partial charge in [0.1, 0.15) is 6.20 Å². The summed E-state index contributed by atoms with van der Waals surface area (Å²) in [6.45, 7) is 1.04. The third kappa shape index (κ3) is 2.49. The third-order valence-electron chi connectivity index (χ3n) is 3.55. The van der Waals surface area contributed by atoms with E-state index in [4.69, 9.17) is 9.52 Å². The second-order valence-electron chi connectivity index (χ2n) is 4.87. The Kier molecular flexibility index (Phi) is 3.16. The summed E-state index contributed by atoms with van der Waals surface area (Å²) in [6, 6.07) is 1.60. The van der Waals surface area contributed by atoms with E-state index in [2.05, 4.69) is 9.97 Å². The van der Waals surface area contributed by atoms with E-state index >= 15 is 0 Å². The van der Waals surface area contributed by atoms with E-state index in [0.717, 1.165) is 6.20 Å². The molecule has 0 saturated carbocycles. The number of aliphatic carboxylic acids is 1. The van der Waals surface area contributed by atoms with Crippen molar-refractivity contribution in [1.29, 1.82) is 0 Å². The van der Waals surface area contributed by atoms with Gasteiger partial charge in [0.25, 0.3) is 11.7 Å². The monoisotopic (exact) mass is 292 g/mol. The van der Waals surface area contributed by atoms with Crippen LogP contribution in [0.15, 0.2) is 16.7 Å². The molecule has 1 aliphatic heterocycles. The summed E-state index contributed by atoms with van der Waals surface area (Å²) in [6.07, 6.45) is 2.16. The van der Waals surface area contributed by atoms with Gasteiger partial charge in [0.15, 0.2) is 5.58 Å². The van der Waals surface area contributed by atoms with Gasteiger partial charge in [-0.05, 0) is 12.8 Å². The van der Waals surface area contributed by atoms with Crippen LogP contribution in [0, 0.1) is 16.0 Å². The molecule has 2 aromatic heterocycles. The van der Waals surface area contributed by atoms with E-state index in [0.29, 0.717) is 37.6 Å². The molecule has 1 saturated heterocycles. The van der Waals surface area contributed by atoms with Gasteiger partial charge in [-0.1, -0.05) is 0 Å². The van der Waals surface area contributed by atoms with Gasteiger partial charge in [0.2, 0.25) is 5.65 Å². The number of hydrogen-bond acceptors (Lipinski definition) is 7. The third-order valence-corrected chi connectivity index (χ3v) is 3.55. The lowest BCUT2D eigenvalue weighted by Crippen LogP contribution is -2.36. The van der Waals surface area contributed by atoms with Crippen LogP contribution < -0.4 is 4.90 Å². The van der Waals surface area contributed by atoms with Crippen LogP contribution in [-0.2, 0) is 4.79 Å². The Morgan fingerprint density at radius 3 is 2.81 bits per heavy atom. The summed E-state index contributed by atoms with van der Waals surface area (Å²) in [5.41, 5.74) is 0.394. The zero-order valence-electron chi connectivity index (χ0n) is 10.9. The first-order chi connectivity index (χ1) is 10.0. The minimum absolute atomic E-state index is 0.158. The fraction of sp³-hybridized carbons (Fsp3) is 0.417. The first-order valence-corrected chi connectivity index (χ1v) is 6.43. The van der Waals surface area contributed by atoms with Gasteiger partial charge >= 0.3 is 5.97 Å². The molecule has 9 heteroatoms. The Labute approximate surface area is 118 Å². The van der Waals surface area contributed by atoms with Crippen LogP contribution in [0.25, 0.3) is 11.2 Å². The second-order valence-corrected chi connectivity index (χ2v) is 4.87. The van der Waals surface area contributed by atoms with Gasteiger partial charge in [-0.15, -0.1) is 0 Å². The van der Waals surface area contributed by atoms with Gasteiger partial charge < -0.3 is 14.4 Å². The van der Waals surface area contributed by atoms with Crippen molar-refractivity contribution in [3.05, 3.63) is 22.4 Å². The molecule has 3 heterocycles. The molecule has 3 rings (SSSR count). The van der Waals surface area contributed by atoms with Crippen molar-refractivity contribution in [3.8, 4) is 0 Å². The first-order valence-electron chi connectivity index (χ1n) is 6.43. The van der Waals surface area contributed by atoms with Crippen molar-refractivity contribution < 1.29 is 19.2 Å². The van der Waals surface area contributed by atoms with Gasteiger partial charge in [0, 0.05) is 13.1 Å². The Bertz CT molecular complexity index is 705. The van der Waals surface area contributed by atoms with Crippen molar-refractivity contribution >= 4 is 28.9 Å². The van der Waals surface area contributed by atoms with E-state index in [1.807, 2.05) is 4.90 Å². The van der Waals surface area contributed by atoms with Crippen molar-refractivity contribution in [1.82, 2.24) is 9.97 Å². The molecule has 0 aromatic carbocycles. The number of nitro groups is 1. The van der Waals surface area contributed by atoms with Gasteiger partial charge in [-0.3, -0.25) is 14.9 Å². The van der Waals surface area contributed by atoms with E-state index in [-0.39, 0.29) is 17.2 Å². The number of piperidine rings is 1. The number of anilines is 1. The number of pyridine rings is 1. The summed E-state index contributed by atoms with van der Waals surface area (Å²) in [7, 11) is 0. The SMILES string of the molecule is O=C(O)C1CCN(c2nc3ncc([N+](=O)[O-])cc3o2)CC1. The summed E-state index contributed by atoms with van der Waals surface area (Å²) in [5, 5.41) is 19.7. The quantitative estimate of drug-likeness (QED) is 0.665. The summed E-state index contributed by atoms with van der Waals surface area (Å²) < 4.78 is 5.49. The number of carbonyl (C=O) groups is 1. The Morgan fingerprint density at radius 1 is 1.48 bits per heavy atom. The van der Waals surface area contributed by atoms with Crippen molar-refractivity contribution in [2.45, 2.75) is 12.8 Å². The molecule has 1 fully saturated rings. The van der Waals surface area contributed by atoms with Crippen molar-refractivity contribution in [2.24, 2.45) is 5.92 Å². The number of rotatable bonds is 3. The molecule has 2 aromatic rings. The minimum atomic E-state index is -0.787. The number of carboxylic acids is 1. The molecular weight excluding hydrogens is 280 g/mol. The van der Waals surface area contributed by atoms with Crippen LogP contribution in [0.5, 0.6) is 0 Å². The van der Waals surface area contributed by atoms with Crippen LogP contribution in [0.4, 0.5) is 11.7 Å². The predicted octanol–water partition coefficient (Wildman–Crippen LogP) is 1.43. The lowest BCUT2D eigenvalue weighted by molar-refractivity contribution is -0.385. The van der Waals surface area contributed by atoms with E-state index in [1.165, 1.54) is 6.07 Å². The highest BCUT2D eigenvalue weighted by Crippen LogP contribution is 2.27. The Hall–Kier alpha value is -2.71. The minimum Gasteiger partial charge on any atom is -0.481 e. The van der Waals surface area contributed by atoms with Crippen LogP contribution >= 0.6 is 0 Å². The molecular formula is C12H12N4O5. The average Bonchev–Trinajstić information content (AvgIpc) is 2.90. The second kappa shape index (κ2) is 5.00. The fourth-order valence-electron chi connectivity index (χ4n) is 2.35. The zero-order chi connectivity index (χ0) is 15.0. The van der Waals surface area contributed by atoms with Crippen LogP contribution in [0.1, 0.15) is 12.8 Å². The molecule has 9 nitrogen and oxygen atoms in total. The maximum absolute atomic E-state index is 10.9. The van der Waals surface area contributed by atoms with Crippen LogP contribution in [0.2, 0.25) is 0 Å². The normalized spacial score (nSPS) is 16.3. The van der Waals surface area contributed by atoms with Gasteiger partial charge in [-0.2, -0.15) is 4.98 Å². The number of aromatic nitrogens is 2. The first kappa shape index (κ1) is 13.3. The highest BCUT2D eigenvalue weighted by atomic mass is 16.6. The van der Waals surface area contributed by atoms with Gasteiger partial charge in [0.05, 0.1) is 16.9 Å². The molecule has 0 radical (unpaired) electrons. The maximum atomic E-state index is 10.9. The topological polar surface area (TPSA) is 123 Å². The van der Waals surface area contributed by atoms with Crippen molar-refractivity contribution in [2.75, 3.05) is 18.0 Å². The number of nitrogens with zero attached hydrogens (tertiary/aromatic N) is 4. The number of fused-ring (bicyclic) bond motifs is 1. The summed E-state index contributed by atoms with van der Waals surface area (Å²) in [4.78, 5) is 31.0. The smallest absolute Gasteiger partial charge is 0.306 e. The summed E-state index contributed by atoms with van der Waals surface area (Å²) in [5.74, 6) is -1.13. The standard InChI is InChI=1S/C12H12N4O5/c17-11(18)7-1-3-15(4-2-7)12-14-10-9(21-12)5-8(6-13-10)16(19)20/h5-7H,1-4H2,(H,17,18). The molecule has 0 aliphatic carbocycles. The average molecular weight is 292 g/mol. The van der Waals surface area contributed by atoms with E-state index in [1.54, 1.807) is 0 Å². The maximum Gasteiger partial charge on any atom is 0.306 e. The largest absolute Gasteiger partial charge is 0.481 e. The molecule has 0 amide bonds. The molecule has 1 aliphatic rings. The Balaban J connectivity index is 1.82. The highest BCUT2D eigenvalue weighted by Gasteiger charge is 2.27. The molecule has 1 N–H and O–H groups in total. The number of hydrogen-bond donors (Lipinski definition) is 1. The molecule has 0 spiro atoms. The summed E-state index contributed by atoms with van der Waals surface area (Å²) >= 11 is 0. The number of oxazole rings is 1. The molecule has 0 bridgehead atoms. The molecule has 0 unspecified atom stereocenters.